The Hall–Kier alpha value is -1.10. The molecule has 2 saturated heterocycles. The van der Waals surface area contributed by atoms with Gasteiger partial charge in [-0.15, -0.1) is 0 Å². The molecule has 1 N–H and O–H groups in total. The van der Waals surface area contributed by atoms with Crippen molar-refractivity contribution in [2.75, 3.05) is 26.7 Å². The lowest BCUT2D eigenvalue weighted by atomic mass is 9.94. The molecule has 118 valence electrons. The normalized spacial score (nSPS) is 34.7. The predicted octanol–water partition coefficient (Wildman–Crippen LogP) is 0.700. The van der Waals surface area contributed by atoms with E-state index in [2.05, 4.69) is 17.3 Å². The molecule has 1 aliphatic carbocycles. The molecule has 0 aromatic rings. The van der Waals surface area contributed by atoms with Gasteiger partial charge in [0, 0.05) is 13.1 Å². The number of carbonyl (C=O) groups excluding carboxylic acids is 2. The van der Waals surface area contributed by atoms with Gasteiger partial charge in [0.1, 0.15) is 12.1 Å². The van der Waals surface area contributed by atoms with Gasteiger partial charge < -0.3 is 15.1 Å². The number of amides is 2. The number of nitrogens with one attached hydrogen (secondary N) is 1. The Morgan fingerprint density at radius 1 is 1.24 bits per heavy atom. The van der Waals surface area contributed by atoms with Crippen molar-refractivity contribution in [3.8, 4) is 0 Å². The summed E-state index contributed by atoms with van der Waals surface area (Å²) in [6.07, 6.45) is 3.27. The lowest BCUT2D eigenvalue weighted by Crippen LogP contribution is -2.66. The van der Waals surface area contributed by atoms with Gasteiger partial charge in [-0.05, 0) is 50.6 Å². The molecule has 0 aromatic carbocycles. The maximum atomic E-state index is 12.8. The Bertz CT molecular complexity index is 433. The first-order valence-electron chi connectivity index (χ1n) is 8.26. The van der Waals surface area contributed by atoms with Crippen LogP contribution in [0.2, 0.25) is 0 Å². The number of nitrogens with zero attached hydrogens (tertiary/aromatic N) is 2. The average molecular weight is 293 g/mol. The summed E-state index contributed by atoms with van der Waals surface area (Å²) in [6, 6.07) is -0.551. The van der Waals surface area contributed by atoms with E-state index in [1.165, 1.54) is 0 Å². The van der Waals surface area contributed by atoms with Crippen molar-refractivity contribution in [1.29, 1.82) is 0 Å². The van der Waals surface area contributed by atoms with Crippen molar-refractivity contribution in [2.45, 2.75) is 45.2 Å². The molecule has 3 unspecified atom stereocenters. The molecule has 1 saturated carbocycles. The van der Waals surface area contributed by atoms with Gasteiger partial charge >= 0.3 is 0 Å². The molecule has 5 heteroatoms. The Balaban J connectivity index is 1.76. The fraction of sp³-hybridized carbons (Fsp3) is 0.875. The Morgan fingerprint density at radius 2 is 1.95 bits per heavy atom. The maximum absolute atomic E-state index is 12.8. The van der Waals surface area contributed by atoms with Crippen LogP contribution in [0.5, 0.6) is 0 Å². The van der Waals surface area contributed by atoms with E-state index >= 15 is 0 Å². The largest absolute Gasteiger partial charge is 0.342 e. The molecule has 3 aliphatic rings. The second-order valence-corrected chi connectivity index (χ2v) is 7.42. The van der Waals surface area contributed by atoms with E-state index in [1.54, 1.807) is 0 Å². The molecule has 3 fully saturated rings. The summed E-state index contributed by atoms with van der Waals surface area (Å²) in [5.41, 5.74) is 0. The molecular formula is C16H27N3O2. The molecule has 2 amide bonds. The Kier molecular flexibility index (Phi) is 3.95. The molecule has 3 rings (SSSR count). The van der Waals surface area contributed by atoms with Crippen LogP contribution in [-0.4, -0.2) is 60.4 Å². The minimum atomic E-state index is -0.293. The highest BCUT2D eigenvalue weighted by Crippen LogP contribution is 2.36. The van der Waals surface area contributed by atoms with Crippen LogP contribution in [0.4, 0.5) is 0 Å². The van der Waals surface area contributed by atoms with Crippen molar-refractivity contribution < 1.29 is 9.59 Å². The smallest absolute Gasteiger partial charge is 0.246 e. The summed E-state index contributed by atoms with van der Waals surface area (Å²) >= 11 is 0. The van der Waals surface area contributed by atoms with Crippen molar-refractivity contribution in [2.24, 2.45) is 17.8 Å². The third kappa shape index (κ3) is 2.93. The predicted molar refractivity (Wildman–Crippen MR) is 80.6 cm³/mol. The SMILES string of the molecule is CC(C)C1C(=O)NC(C2CC2)C(=O)N1CC1CCN(C)C1. The van der Waals surface area contributed by atoms with E-state index in [1.807, 2.05) is 18.7 Å². The molecule has 3 atom stereocenters. The zero-order valence-electron chi connectivity index (χ0n) is 13.3. The van der Waals surface area contributed by atoms with Crippen LogP contribution in [-0.2, 0) is 9.59 Å². The number of hydrogen-bond donors (Lipinski definition) is 1. The van der Waals surface area contributed by atoms with Gasteiger partial charge in [-0.1, -0.05) is 13.8 Å². The van der Waals surface area contributed by atoms with Crippen molar-refractivity contribution in [1.82, 2.24) is 15.1 Å². The van der Waals surface area contributed by atoms with E-state index in [0.29, 0.717) is 11.8 Å². The first-order valence-corrected chi connectivity index (χ1v) is 8.26. The monoisotopic (exact) mass is 293 g/mol. The highest BCUT2D eigenvalue weighted by atomic mass is 16.2. The summed E-state index contributed by atoms with van der Waals surface area (Å²) in [5, 5.41) is 2.98. The summed E-state index contributed by atoms with van der Waals surface area (Å²) in [7, 11) is 2.12. The standard InChI is InChI=1S/C16H27N3O2/c1-10(2)14-15(20)17-13(12-4-5-12)16(21)19(14)9-11-6-7-18(3)8-11/h10-14H,4-9H2,1-3H3,(H,17,20). The Morgan fingerprint density at radius 3 is 2.48 bits per heavy atom. The third-order valence-electron chi connectivity index (χ3n) is 5.12. The van der Waals surface area contributed by atoms with E-state index in [4.69, 9.17) is 0 Å². The molecule has 2 aliphatic heterocycles. The minimum Gasteiger partial charge on any atom is -0.342 e. The maximum Gasteiger partial charge on any atom is 0.246 e. The van der Waals surface area contributed by atoms with Crippen LogP contribution in [0.15, 0.2) is 0 Å². The van der Waals surface area contributed by atoms with E-state index in [0.717, 1.165) is 38.9 Å². The first kappa shape index (κ1) is 14.8. The third-order valence-corrected chi connectivity index (χ3v) is 5.12. The van der Waals surface area contributed by atoms with Crippen molar-refractivity contribution >= 4 is 11.8 Å². The van der Waals surface area contributed by atoms with Gasteiger partial charge in [0.05, 0.1) is 0 Å². The van der Waals surface area contributed by atoms with Crippen LogP contribution in [0.3, 0.4) is 0 Å². The van der Waals surface area contributed by atoms with E-state index < -0.39 is 0 Å². The summed E-state index contributed by atoms with van der Waals surface area (Å²) < 4.78 is 0. The van der Waals surface area contributed by atoms with E-state index in [9.17, 15) is 9.59 Å². The first-order chi connectivity index (χ1) is 9.97. The van der Waals surface area contributed by atoms with Crippen LogP contribution < -0.4 is 5.32 Å². The number of carbonyl (C=O) groups is 2. The fourth-order valence-corrected chi connectivity index (χ4v) is 3.83. The lowest BCUT2D eigenvalue weighted by Gasteiger charge is -2.42. The summed E-state index contributed by atoms with van der Waals surface area (Å²) in [5.74, 6) is 1.25. The molecule has 0 bridgehead atoms. The van der Waals surface area contributed by atoms with Crippen LogP contribution in [0, 0.1) is 17.8 Å². The van der Waals surface area contributed by atoms with Gasteiger partial charge in [-0.2, -0.15) is 0 Å². The molecule has 0 radical (unpaired) electrons. The molecule has 5 nitrogen and oxygen atoms in total. The highest BCUT2D eigenvalue weighted by molar-refractivity contribution is 5.97. The highest BCUT2D eigenvalue weighted by Gasteiger charge is 2.48. The Labute approximate surface area is 127 Å². The number of likely N-dealkylation sites (tertiary alicyclic amines) is 1. The van der Waals surface area contributed by atoms with Crippen LogP contribution >= 0.6 is 0 Å². The number of rotatable bonds is 4. The second kappa shape index (κ2) is 5.59. The lowest BCUT2D eigenvalue weighted by molar-refractivity contribution is -0.152. The van der Waals surface area contributed by atoms with Crippen LogP contribution in [0.25, 0.3) is 0 Å². The van der Waals surface area contributed by atoms with Crippen molar-refractivity contribution in [3.63, 3.8) is 0 Å². The zero-order valence-corrected chi connectivity index (χ0v) is 13.3. The quantitative estimate of drug-likeness (QED) is 0.830. The molecule has 0 spiro atoms. The fourth-order valence-electron chi connectivity index (χ4n) is 3.83. The van der Waals surface area contributed by atoms with Crippen LogP contribution in [0.1, 0.15) is 33.1 Å². The van der Waals surface area contributed by atoms with Crippen molar-refractivity contribution in [3.05, 3.63) is 0 Å². The number of hydrogen-bond acceptors (Lipinski definition) is 3. The van der Waals surface area contributed by atoms with E-state index in [-0.39, 0.29) is 29.8 Å². The molecule has 21 heavy (non-hydrogen) atoms. The molecular weight excluding hydrogens is 266 g/mol. The van der Waals surface area contributed by atoms with Gasteiger partial charge in [0.15, 0.2) is 0 Å². The van der Waals surface area contributed by atoms with Gasteiger partial charge in [-0.25, -0.2) is 0 Å². The minimum absolute atomic E-state index is 0.0489. The van der Waals surface area contributed by atoms with Gasteiger partial charge in [0.25, 0.3) is 0 Å². The zero-order chi connectivity index (χ0) is 15.1. The molecule has 2 heterocycles. The topological polar surface area (TPSA) is 52.7 Å². The van der Waals surface area contributed by atoms with Gasteiger partial charge in [0.2, 0.25) is 11.8 Å². The number of piperazine rings is 1. The second-order valence-electron chi connectivity index (χ2n) is 7.42. The summed E-state index contributed by atoms with van der Waals surface area (Å²) in [6.45, 7) is 6.93. The summed E-state index contributed by atoms with van der Waals surface area (Å²) in [4.78, 5) is 29.5. The van der Waals surface area contributed by atoms with Gasteiger partial charge in [-0.3, -0.25) is 9.59 Å². The molecule has 0 aromatic heterocycles. The average Bonchev–Trinajstić information content (AvgIpc) is 3.17.